The fraction of sp³-hybridized carbons (Fsp3) is 0.957. The summed E-state index contributed by atoms with van der Waals surface area (Å²) in [4.78, 5) is 30.6. The second-order valence-electron chi connectivity index (χ2n) is 22.3. The summed E-state index contributed by atoms with van der Waals surface area (Å²) in [6.45, 7) is 20.6. The number of Topliss-reactive ketones (excluding diaryl/α,β-unsaturated/α-hetero) is 1. The van der Waals surface area contributed by atoms with Crippen LogP contribution < -0.4 is 5.32 Å². The van der Waals surface area contributed by atoms with Crippen LogP contribution in [0.2, 0.25) is 0 Å². The van der Waals surface area contributed by atoms with Crippen molar-refractivity contribution in [3.63, 3.8) is 0 Å². The fourth-order valence-corrected chi connectivity index (χ4v) is 16.2. The zero-order valence-corrected chi connectivity index (χ0v) is 34.9. The van der Waals surface area contributed by atoms with Gasteiger partial charge in [0.25, 0.3) is 0 Å². The first kappa shape index (κ1) is 38.9. The van der Waals surface area contributed by atoms with Gasteiger partial charge in [0.1, 0.15) is 5.78 Å². The highest BCUT2D eigenvalue weighted by Crippen LogP contribution is 2.79. The monoisotopic (exact) mass is 735 g/mol. The van der Waals surface area contributed by atoms with E-state index < -0.39 is 0 Å². The summed E-state index contributed by atoms with van der Waals surface area (Å²) in [5, 5.41) is 14.4. The Morgan fingerprint density at radius 2 is 1.51 bits per heavy atom. The largest absolute Gasteiger partial charge is 0.393 e. The number of amides is 1. The van der Waals surface area contributed by atoms with Crippen LogP contribution in [0.15, 0.2) is 0 Å². The second kappa shape index (κ2) is 14.1. The molecule has 1 aliphatic heterocycles. The number of ketones is 1. The minimum absolute atomic E-state index is 0.00880. The number of nitrogens with zero attached hydrogens (tertiary/aromatic N) is 1. The van der Waals surface area contributed by atoms with Gasteiger partial charge < -0.3 is 15.2 Å². The maximum atomic E-state index is 15.0. The Balaban J connectivity index is 0.942. The smallest absolute Gasteiger partial charge is 0.223 e. The summed E-state index contributed by atoms with van der Waals surface area (Å²) in [5.74, 6) is 4.86. The summed E-state index contributed by atoms with van der Waals surface area (Å²) >= 11 is 0. The van der Waals surface area contributed by atoms with Gasteiger partial charge in [-0.3, -0.25) is 14.5 Å². The Kier molecular flexibility index (Phi) is 10.4. The molecule has 1 heterocycles. The molecule has 8 aliphatic rings. The fourth-order valence-electron chi connectivity index (χ4n) is 16.2. The third kappa shape index (κ3) is 6.34. The number of hydrogen-bond donors (Lipinski definition) is 2. The molecule has 1 amide bonds. The van der Waals surface area contributed by atoms with Gasteiger partial charge in [0.05, 0.1) is 19.3 Å². The maximum absolute atomic E-state index is 15.0. The number of morpholine rings is 1. The first-order chi connectivity index (χ1) is 25.2. The molecule has 6 heteroatoms. The number of rotatable bonds is 9. The zero-order valence-electron chi connectivity index (χ0n) is 34.9. The molecule has 7 saturated carbocycles. The van der Waals surface area contributed by atoms with E-state index in [1.165, 1.54) is 64.2 Å². The minimum atomic E-state index is -0.175. The van der Waals surface area contributed by atoms with Gasteiger partial charge in [0, 0.05) is 43.9 Å². The molecule has 12 unspecified atom stereocenters. The number of nitrogens with one attached hydrogen (secondary N) is 1. The summed E-state index contributed by atoms with van der Waals surface area (Å²) < 4.78 is 5.47. The molecular weight excluding hydrogens is 657 g/mol. The van der Waals surface area contributed by atoms with Crippen LogP contribution in [0.3, 0.4) is 0 Å². The average molecular weight is 735 g/mol. The van der Waals surface area contributed by atoms with Gasteiger partial charge in [-0.05, 0) is 165 Å². The zero-order chi connectivity index (χ0) is 37.4. The van der Waals surface area contributed by atoms with Gasteiger partial charge in [-0.15, -0.1) is 0 Å². The van der Waals surface area contributed by atoms with E-state index in [-0.39, 0.29) is 34.2 Å². The predicted octanol–water partition coefficient (Wildman–Crippen LogP) is 9.22. The van der Waals surface area contributed by atoms with Crippen molar-refractivity contribution in [1.82, 2.24) is 10.2 Å². The van der Waals surface area contributed by atoms with E-state index in [9.17, 15) is 9.90 Å². The van der Waals surface area contributed by atoms with Crippen LogP contribution in [0.1, 0.15) is 164 Å². The van der Waals surface area contributed by atoms with E-state index in [2.05, 4.69) is 51.8 Å². The first-order valence-corrected chi connectivity index (χ1v) is 23.0. The van der Waals surface area contributed by atoms with Gasteiger partial charge in [-0.2, -0.15) is 0 Å². The molecule has 12 atom stereocenters. The van der Waals surface area contributed by atoms with E-state index in [0.29, 0.717) is 57.5 Å². The number of aliphatic hydroxyl groups excluding tert-OH is 1. The van der Waals surface area contributed by atoms with Crippen molar-refractivity contribution in [3.8, 4) is 0 Å². The molecule has 2 N–H and O–H groups in total. The molecule has 0 aromatic rings. The predicted molar refractivity (Wildman–Crippen MR) is 212 cm³/mol. The normalized spacial score (nSPS) is 47.6. The van der Waals surface area contributed by atoms with Crippen molar-refractivity contribution in [2.24, 2.45) is 73.9 Å². The topological polar surface area (TPSA) is 78.9 Å². The molecule has 0 bridgehead atoms. The number of carbonyl (C=O) groups excluding carboxylic acids is 2. The van der Waals surface area contributed by atoms with Gasteiger partial charge in [-0.1, -0.05) is 54.4 Å². The number of hydrogen-bond acceptors (Lipinski definition) is 5. The highest BCUT2D eigenvalue weighted by molar-refractivity contribution is 5.86. The van der Waals surface area contributed by atoms with Crippen molar-refractivity contribution in [3.05, 3.63) is 0 Å². The van der Waals surface area contributed by atoms with Crippen molar-refractivity contribution < 1.29 is 19.4 Å². The van der Waals surface area contributed by atoms with E-state index in [4.69, 9.17) is 4.74 Å². The summed E-state index contributed by atoms with van der Waals surface area (Å²) in [7, 11) is 0. The molecule has 6 nitrogen and oxygen atoms in total. The lowest BCUT2D eigenvalue weighted by atomic mass is 9.32. The Hall–Kier alpha value is -0.980. The maximum Gasteiger partial charge on any atom is 0.223 e. The Bertz CT molecular complexity index is 1370. The van der Waals surface area contributed by atoms with E-state index in [1.807, 2.05) is 0 Å². The lowest BCUT2D eigenvalue weighted by Crippen LogP contribution is -2.67. The van der Waals surface area contributed by atoms with Gasteiger partial charge >= 0.3 is 0 Å². The summed E-state index contributed by atoms with van der Waals surface area (Å²) in [6, 6.07) is 0. The second-order valence-corrected chi connectivity index (χ2v) is 22.3. The standard InChI is InChI=1S/C47H78N2O4/c1-42(2)36-17-20-46(6)37(44(36,4)19-18-38(42)50)14-13-35-40-34(43(3)22-23-43)16-21-47(40,25-24-45(35,46)5)39(51)15-11-32-8-7-9-33(12-10-32)41(52)48-26-27-49-28-30-53-31-29-49/h32-38,40,50H,7-31H2,1-6H3,(H,48,52). The Morgan fingerprint density at radius 3 is 2.26 bits per heavy atom. The van der Waals surface area contributed by atoms with Crippen molar-refractivity contribution in [2.45, 2.75) is 170 Å². The van der Waals surface area contributed by atoms with Crippen LogP contribution in [-0.2, 0) is 14.3 Å². The molecule has 53 heavy (non-hydrogen) atoms. The quantitative estimate of drug-likeness (QED) is 0.231. The van der Waals surface area contributed by atoms with Crippen LogP contribution >= 0.6 is 0 Å². The number of carbonyl (C=O) groups is 2. The molecule has 1 saturated heterocycles. The molecule has 0 aromatic carbocycles. The summed E-state index contributed by atoms with van der Waals surface area (Å²) in [6.07, 6.45) is 21.8. The van der Waals surface area contributed by atoms with E-state index in [0.717, 1.165) is 97.2 Å². The van der Waals surface area contributed by atoms with Crippen molar-refractivity contribution in [2.75, 3.05) is 39.4 Å². The summed E-state index contributed by atoms with van der Waals surface area (Å²) in [5.41, 5.74) is 1.23. The average Bonchev–Trinajstić information content (AvgIpc) is 3.82. The van der Waals surface area contributed by atoms with Crippen LogP contribution in [0.5, 0.6) is 0 Å². The number of ether oxygens (including phenoxy) is 1. The molecule has 0 aromatic heterocycles. The number of fused-ring (bicyclic) bond motifs is 7. The van der Waals surface area contributed by atoms with Crippen molar-refractivity contribution in [1.29, 1.82) is 0 Å². The third-order valence-corrected chi connectivity index (χ3v) is 20.0. The molecule has 8 rings (SSSR count). The molecular formula is C47H78N2O4. The van der Waals surface area contributed by atoms with E-state index in [1.54, 1.807) is 0 Å². The van der Waals surface area contributed by atoms with Crippen LogP contribution in [-0.4, -0.2) is 67.2 Å². The lowest BCUT2D eigenvalue weighted by molar-refractivity contribution is -0.248. The Labute approximate surface area is 323 Å². The molecule has 300 valence electrons. The minimum Gasteiger partial charge on any atom is -0.393 e. The molecule has 8 fully saturated rings. The van der Waals surface area contributed by atoms with Crippen LogP contribution in [0, 0.1) is 73.9 Å². The Morgan fingerprint density at radius 1 is 0.736 bits per heavy atom. The van der Waals surface area contributed by atoms with E-state index >= 15 is 4.79 Å². The first-order valence-electron chi connectivity index (χ1n) is 23.0. The van der Waals surface area contributed by atoms with Crippen molar-refractivity contribution >= 4 is 11.7 Å². The van der Waals surface area contributed by atoms with Gasteiger partial charge in [-0.25, -0.2) is 0 Å². The lowest BCUT2D eigenvalue weighted by Gasteiger charge is -2.73. The van der Waals surface area contributed by atoms with Gasteiger partial charge in [0.2, 0.25) is 5.91 Å². The molecule has 0 spiro atoms. The molecule has 7 aliphatic carbocycles. The van der Waals surface area contributed by atoms with Crippen LogP contribution in [0.25, 0.3) is 0 Å². The third-order valence-electron chi connectivity index (χ3n) is 20.0. The van der Waals surface area contributed by atoms with Gasteiger partial charge in [0.15, 0.2) is 0 Å². The highest BCUT2D eigenvalue weighted by atomic mass is 16.5. The number of aliphatic hydroxyl groups is 1. The highest BCUT2D eigenvalue weighted by Gasteiger charge is 2.73. The van der Waals surface area contributed by atoms with Crippen LogP contribution in [0.4, 0.5) is 0 Å². The SMILES string of the molecule is CC1(C2CCC3(C(=O)CCC4CCCC(C(=O)NCCN5CCOCC5)CC4)CCC4(C)C(CCC5C6(C)CCC(O)C(C)(C)C6CCC54C)C23)CC1. The molecule has 0 radical (unpaired) electrons.